The Bertz CT molecular complexity index is 896. The molecule has 0 N–H and O–H groups in total. The summed E-state index contributed by atoms with van der Waals surface area (Å²) in [4.78, 5) is 7.92. The summed E-state index contributed by atoms with van der Waals surface area (Å²) in [7, 11) is 14.7. The second kappa shape index (κ2) is 16.1. The van der Waals surface area contributed by atoms with Crippen LogP contribution >= 0.6 is 30.3 Å². The van der Waals surface area contributed by atoms with Gasteiger partial charge in [0, 0.05) is 58.9 Å². The molecule has 0 amide bonds. The fraction of sp³-hybridized carbons (Fsp3) is 0.400. The Morgan fingerprint density at radius 1 is 0.459 bits per heavy atom. The van der Waals surface area contributed by atoms with E-state index in [4.69, 9.17) is 30.3 Å². The van der Waals surface area contributed by atoms with Gasteiger partial charge in [-0.3, -0.25) is 14.7 Å². The van der Waals surface area contributed by atoms with Crippen LogP contribution in [0, 0.1) is 20.8 Å². The Kier molecular flexibility index (Phi) is 13.3. The topological polar surface area (TPSA) is 9.72 Å². The molecule has 1 saturated heterocycles. The van der Waals surface area contributed by atoms with Crippen LogP contribution in [-0.4, -0.2) is 54.0 Å². The predicted octanol–water partition coefficient (Wildman–Crippen LogP) is 7.50. The molecule has 7 heteroatoms. The molecule has 1 heterocycles. The van der Waals surface area contributed by atoms with Gasteiger partial charge in [0.2, 0.25) is 0 Å². The first kappa shape index (κ1) is 30.5. The Hall–Kier alpha value is -1.07. The molecule has 0 atom stereocenters. The van der Waals surface area contributed by atoms with Crippen molar-refractivity contribution >= 4 is 30.3 Å². The van der Waals surface area contributed by atoms with Crippen molar-refractivity contribution in [2.24, 2.45) is 0 Å². The minimum atomic E-state index is -1.33. The molecule has 0 radical (unpaired) electrons. The average molecular weight is 604 g/mol. The second-order valence-electron chi connectivity index (χ2n) is 9.94. The van der Waals surface area contributed by atoms with Gasteiger partial charge >= 0.3 is 41.5 Å². The number of rotatable bonds is 6. The third-order valence-corrected chi connectivity index (χ3v) is 6.78. The number of nitrogens with zero attached hydrogens (tertiary/aromatic N) is 3. The molecule has 3 nitrogen and oxygen atoms in total. The summed E-state index contributed by atoms with van der Waals surface area (Å²) in [6.45, 7) is 16.2. The fourth-order valence-electron chi connectivity index (χ4n) is 4.51. The number of halogens is 3. The van der Waals surface area contributed by atoms with Gasteiger partial charge in [-0.2, -0.15) is 0 Å². The second-order valence-corrected chi connectivity index (χ2v) is 15.4. The van der Waals surface area contributed by atoms with E-state index in [9.17, 15) is 0 Å². The minimum absolute atomic E-state index is 1.02. The molecular weight excluding hydrogens is 565 g/mol. The van der Waals surface area contributed by atoms with Crippen molar-refractivity contribution in [2.75, 3.05) is 39.3 Å². The summed E-state index contributed by atoms with van der Waals surface area (Å²) >= 11 is -1.33. The van der Waals surface area contributed by atoms with E-state index in [2.05, 4.69) is 108 Å². The normalized spacial score (nSPS) is 16.2. The molecule has 1 fully saturated rings. The maximum absolute atomic E-state index is 4.89. The van der Waals surface area contributed by atoms with Gasteiger partial charge in [-0.15, -0.1) is 0 Å². The summed E-state index contributed by atoms with van der Waals surface area (Å²) in [6.07, 6.45) is 0. The third kappa shape index (κ3) is 12.1. The van der Waals surface area contributed by atoms with Crippen LogP contribution in [0.4, 0.5) is 0 Å². The van der Waals surface area contributed by atoms with E-state index >= 15 is 0 Å². The molecule has 0 unspecified atom stereocenters. The molecule has 0 saturated carbocycles. The first-order chi connectivity index (χ1) is 17.8. The van der Waals surface area contributed by atoms with Crippen molar-refractivity contribution in [3.05, 3.63) is 106 Å². The van der Waals surface area contributed by atoms with E-state index in [0.29, 0.717) is 0 Å². The van der Waals surface area contributed by atoms with Gasteiger partial charge in [0.1, 0.15) is 0 Å². The molecular formula is C30H39Cl3FeN3. The van der Waals surface area contributed by atoms with E-state index in [0.717, 1.165) is 58.9 Å². The SMILES string of the molecule is Cc1ccc(CN2CCN(Cc3ccc(C)cc3)CCN(Cc3ccc(C)cc3)CC2)cc1.[Cl][Fe]([Cl])[Cl]. The molecule has 3 aromatic rings. The summed E-state index contributed by atoms with van der Waals surface area (Å²) in [6, 6.07) is 27.1. The predicted molar refractivity (Wildman–Crippen MR) is 157 cm³/mol. The molecule has 0 aliphatic carbocycles. The van der Waals surface area contributed by atoms with Crippen molar-refractivity contribution in [2.45, 2.75) is 40.4 Å². The van der Waals surface area contributed by atoms with Crippen LogP contribution in [0.1, 0.15) is 33.4 Å². The van der Waals surface area contributed by atoms with Gasteiger partial charge in [0.25, 0.3) is 0 Å². The Labute approximate surface area is 240 Å². The first-order valence-corrected chi connectivity index (χ1v) is 17.3. The molecule has 0 aromatic heterocycles. The van der Waals surface area contributed by atoms with Crippen molar-refractivity contribution in [1.82, 2.24) is 14.7 Å². The molecule has 1 aliphatic rings. The molecule has 0 spiro atoms. The van der Waals surface area contributed by atoms with Gasteiger partial charge in [0.15, 0.2) is 0 Å². The van der Waals surface area contributed by atoms with Crippen LogP contribution in [0.15, 0.2) is 72.8 Å². The first-order valence-electron chi connectivity index (χ1n) is 12.8. The Balaban J connectivity index is 0.000000886. The molecule has 203 valence electrons. The van der Waals surface area contributed by atoms with Crippen LogP contribution in [0.2, 0.25) is 0 Å². The quantitative estimate of drug-likeness (QED) is 0.270. The molecule has 0 bridgehead atoms. The third-order valence-electron chi connectivity index (χ3n) is 6.78. The maximum atomic E-state index is 4.89. The molecule has 37 heavy (non-hydrogen) atoms. The fourth-order valence-corrected chi connectivity index (χ4v) is 4.51. The standard InChI is InChI=1S/C30H39N3.3ClH.Fe/c1-25-4-10-28(11-5-25)22-31-16-18-32(23-29-12-6-26(2)7-13-29)20-21-33(19-17-31)24-30-14-8-27(3)9-15-30;;;;/h4-15H,16-24H2,1-3H3;3*1H;/q;;;;+3/p-3. The van der Waals surface area contributed by atoms with Crippen LogP contribution in [-0.2, 0) is 30.8 Å². The van der Waals surface area contributed by atoms with E-state index in [-0.39, 0.29) is 0 Å². The van der Waals surface area contributed by atoms with Gasteiger partial charge in [-0.05, 0) is 37.5 Å². The van der Waals surface area contributed by atoms with Gasteiger partial charge in [-0.25, -0.2) is 0 Å². The zero-order valence-corrected chi connectivity index (χ0v) is 25.5. The van der Waals surface area contributed by atoms with Crippen LogP contribution in [0.3, 0.4) is 0 Å². The van der Waals surface area contributed by atoms with Gasteiger partial charge in [0.05, 0.1) is 0 Å². The van der Waals surface area contributed by atoms with E-state index in [1.807, 2.05) is 0 Å². The number of hydrogen-bond donors (Lipinski definition) is 0. The van der Waals surface area contributed by atoms with Crippen molar-refractivity contribution in [3.8, 4) is 0 Å². The molecule has 3 aromatic carbocycles. The molecule has 1 aliphatic heterocycles. The van der Waals surface area contributed by atoms with Crippen molar-refractivity contribution in [3.63, 3.8) is 0 Å². The Morgan fingerprint density at radius 2 is 0.649 bits per heavy atom. The van der Waals surface area contributed by atoms with Crippen molar-refractivity contribution < 1.29 is 11.2 Å². The summed E-state index contributed by atoms with van der Waals surface area (Å²) < 4.78 is 0. The zero-order chi connectivity index (χ0) is 26.6. The van der Waals surface area contributed by atoms with Gasteiger partial charge < -0.3 is 0 Å². The number of benzene rings is 3. The average Bonchev–Trinajstić information content (AvgIpc) is 2.95. The van der Waals surface area contributed by atoms with E-state index in [1.165, 1.54) is 33.4 Å². The molecule has 4 rings (SSSR count). The van der Waals surface area contributed by atoms with Crippen LogP contribution in [0.25, 0.3) is 0 Å². The number of hydrogen-bond acceptors (Lipinski definition) is 3. The van der Waals surface area contributed by atoms with Crippen LogP contribution in [0.5, 0.6) is 0 Å². The number of aryl methyl sites for hydroxylation is 3. The zero-order valence-electron chi connectivity index (χ0n) is 22.1. The Morgan fingerprint density at radius 3 is 0.838 bits per heavy atom. The van der Waals surface area contributed by atoms with Crippen LogP contribution < -0.4 is 0 Å². The van der Waals surface area contributed by atoms with Gasteiger partial charge in [-0.1, -0.05) is 89.5 Å². The summed E-state index contributed by atoms with van der Waals surface area (Å²) in [5.41, 5.74) is 8.23. The summed E-state index contributed by atoms with van der Waals surface area (Å²) in [5, 5.41) is 0. The monoisotopic (exact) mass is 602 g/mol. The van der Waals surface area contributed by atoms with E-state index < -0.39 is 11.2 Å². The van der Waals surface area contributed by atoms with E-state index in [1.54, 1.807) is 0 Å². The summed E-state index contributed by atoms with van der Waals surface area (Å²) in [5.74, 6) is 0. The van der Waals surface area contributed by atoms with Crippen molar-refractivity contribution in [1.29, 1.82) is 0 Å².